The summed E-state index contributed by atoms with van der Waals surface area (Å²) in [6.07, 6.45) is 0.945. The van der Waals surface area contributed by atoms with Crippen molar-refractivity contribution in [2.24, 2.45) is 11.8 Å². The highest BCUT2D eigenvalue weighted by Gasteiger charge is 2.34. The van der Waals surface area contributed by atoms with E-state index in [1.807, 2.05) is 4.90 Å². The molecule has 1 aliphatic heterocycles. The van der Waals surface area contributed by atoms with E-state index in [9.17, 15) is 4.79 Å². The maximum atomic E-state index is 12.1. The summed E-state index contributed by atoms with van der Waals surface area (Å²) in [4.78, 5) is 14.0. The van der Waals surface area contributed by atoms with Crippen LogP contribution in [-0.2, 0) is 4.79 Å². The molecule has 0 bridgehead atoms. The highest BCUT2D eigenvalue weighted by molar-refractivity contribution is 5.84. The summed E-state index contributed by atoms with van der Waals surface area (Å²) in [5.41, 5.74) is 0. The second kappa shape index (κ2) is 4.97. The molecule has 0 aromatic heterocycles. The Morgan fingerprint density at radius 2 is 1.93 bits per heavy atom. The maximum absolute atomic E-state index is 12.1. The molecule has 1 rings (SSSR count). The van der Waals surface area contributed by atoms with Gasteiger partial charge in [0.25, 0.3) is 0 Å². The third kappa shape index (κ3) is 2.94. The number of carbonyl (C=O) groups is 1. The Bertz CT molecular complexity index is 226. The van der Waals surface area contributed by atoms with Crippen molar-refractivity contribution in [2.45, 2.75) is 53.1 Å². The number of rotatable bonds is 4. The van der Waals surface area contributed by atoms with Crippen LogP contribution in [0.2, 0.25) is 0 Å². The summed E-state index contributed by atoms with van der Waals surface area (Å²) in [6, 6.07) is 0.383. The van der Waals surface area contributed by atoms with Crippen molar-refractivity contribution in [3.05, 3.63) is 0 Å². The molecule has 1 aliphatic rings. The third-order valence-corrected chi connectivity index (χ3v) is 3.25. The first-order chi connectivity index (χ1) is 6.93. The van der Waals surface area contributed by atoms with Crippen molar-refractivity contribution in [3.63, 3.8) is 0 Å². The van der Waals surface area contributed by atoms with Crippen LogP contribution >= 0.6 is 0 Å². The second-order valence-corrected chi connectivity index (χ2v) is 5.34. The molecule has 2 unspecified atom stereocenters. The Kier molecular flexibility index (Phi) is 4.14. The van der Waals surface area contributed by atoms with Gasteiger partial charge in [0, 0.05) is 6.04 Å². The minimum atomic E-state index is 0.0474. The van der Waals surface area contributed by atoms with E-state index < -0.39 is 0 Å². The molecule has 1 saturated heterocycles. The van der Waals surface area contributed by atoms with Crippen LogP contribution in [0.3, 0.4) is 0 Å². The van der Waals surface area contributed by atoms with E-state index in [2.05, 4.69) is 39.9 Å². The molecule has 0 radical (unpaired) electrons. The second-order valence-electron chi connectivity index (χ2n) is 5.34. The molecule has 0 aromatic carbocycles. The average Bonchev–Trinajstić information content (AvgIpc) is 2.46. The molecule has 2 atom stereocenters. The van der Waals surface area contributed by atoms with E-state index in [-0.39, 0.29) is 11.9 Å². The van der Waals surface area contributed by atoms with Gasteiger partial charge in [-0.1, -0.05) is 27.7 Å². The van der Waals surface area contributed by atoms with E-state index in [0.29, 0.717) is 17.9 Å². The number of hydrogen-bond donors (Lipinski definition) is 1. The lowest BCUT2D eigenvalue weighted by molar-refractivity contribution is -0.131. The Labute approximate surface area is 93.2 Å². The first-order valence-electron chi connectivity index (χ1n) is 5.97. The number of amides is 1. The van der Waals surface area contributed by atoms with Crippen LogP contribution in [-0.4, -0.2) is 29.6 Å². The Morgan fingerprint density at radius 1 is 1.33 bits per heavy atom. The van der Waals surface area contributed by atoms with Crippen LogP contribution in [0.15, 0.2) is 0 Å². The smallest absolute Gasteiger partial charge is 0.241 e. The van der Waals surface area contributed by atoms with Crippen LogP contribution in [0.1, 0.15) is 41.0 Å². The SMILES string of the molecule is CC(C)CC1NCN(C(C)C(C)C)C1=O. The normalized spacial score (nSPS) is 24.3. The lowest BCUT2D eigenvalue weighted by Crippen LogP contribution is -2.40. The molecule has 0 saturated carbocycles. The standard InChI is InChI=1S/C12H24N2O/c1-8(2)6-11-12(15)14(7-13-11)10(5)9(3)4/h8-11,13H,6-7H2,1-5H3. The third-order valence-electron chi connectivity index (χ3n) is 3.25. The monoisotopic (exact) mass is 212 g/mol. The predicted octanol–water partition coefficient (Wildman–Crippen LogP) is 1.83. The van der Waals surface area contributed by atoms with Crippen molar-refractivity contribution >= 4 is 5.91 Å². The van der Waals surface area contributed by atoms with Gasteiger partial charge in [0.15, 0.2) is 0 Å². The van der Waals surface area contributed by atoms with Gasteiger partial charge in [-0.2, -0.15) is 0 Å². The first kappa shape index (κ1) is 12.5. The summed E-state index contributed by atoms with van der Waals surface area (Å²) in [7, 11) is 0. The van der Waals surface area contributed by atoms with Crippen LogP contribution in [0.25, 0.3) is 0 Å². The molecular formula is C12H24N2O. The van der Waals surface area contributed by atoms with E-state index in [0.717, 1.165) is 13.1 Å². The lowest BCUT2D eigenvalue weighted by Gasteiger charge is -2.27. The molecule has 1 heterocycles. The van der Waals surface area contributed by atoms with Gasteiger partial charge in [0.1, 0.15) is 0 Å². The zero-order valence-electron chi connectivity index (χ0n) is 10.6. The fourth-order valence-electron chi connectivity index (χ4n) is 1.93. The minimum Gasteiger partial charge on any atom is -0.326 e. The molecular weight excluding hydrogens is 188 g/mol. The van der Waals surface area contributed by atoms with Gasteiger partial charge in [-0.05, 0) is 25.2 Å². The van der Waals surface area contributed by atoms with Crippen molar-refractivity contribution < 1.29 is 4.79 Å². The van der Waals surface area contributed by atoms with Gasteiger partial charge in [-0.3, -0.25) is 10.1 Å². The van der Waals surface area contributed by atoms with Gasteiger partial charge in [0.2, 0.25) is 5.91 Å². The van der Waals surface area contributed by atoms with Gasteiger partial charge < -0.3 is 4.90 Å². The summed E-state index contributed by atoms with van der Waals surface area (Å²) in [5, 5.41) is 3.30. The number of hydrogen-bond acceptors (Lipinski definition) is 2. The largest absolute Gasteiger partial charge is 0.326 e. The van der Waals surface area contributed by atoms with Gasteiger partial charge in [0.05, 0.1) is 12.7 Å². The molecule has 3 heteroatoms. The van der Waals surface area contributed by atoms with Crippen molar-refractivity contribution in [1.29, 1.82) is 0 Å². The summed E-state index contributed by atoms with van der Waals surface area (Å²) in [5.74, 6) is 1.37. The quantitative estimate of drug-likeness (QED) is 0.771. The molecule has 1 fully saturated rings. The number of carbonyl (C=O) groups excluding carboxylic acids is 1. The van der Waals surface area contributed by atoms with E-state index in [4.69, 9.17) is 0 Å². The van der Waals surface area contributed by atoms with Crippen molar-refractivity contribution in [2.75, 3.05) is 6.67 Å². The molecule has 0 spiro atoms. The Balaban J connectivity index is 2.56. The fraction of sp³-hybridized carbons (Fsp3) is 0.917. The first-order valence-corrected chi connectivity index (χ1v) is 5.97. The van der Waals surface area contributed by atoms with E-state index in [1.165, 1.54) is 0 Å². The maximum Gasteiger partial charge on any atom is 0.241 e. The van der Waals surface area contributed by atoms with Crippen molar-refractivity contribution in [3.8, 4) is 0 Å². The number of nitrogens with zero attached hydrogens (tertiary/aromatic N) is 1. The molecule has 1 N–H and O–H groups in total. The van der Waals surface area contributed by atoms with E-state index >= 15 is 0 Å². The van der Waals surface area contributed by atoms with Gasteiger partial charge >= 0.3 is 0 Å². The highest BCUT2D eigenvalue weighted by atomic mass is 16.2. The van der Waals surface area contributed by atoms with Crippen molar-refractivity contribution in [1.82, 2.24) is 10.2 Å². The average molecular weight is 212 g/mol. The highest BCUT2D eigenvalue weighted by Crippen LogP contribution is 2.18. The van der Waals surface area contributed by atoms with Crippen LogP contribution in [0.5, 0.6) is 0 Å². The molecule has 15 heavy (non-hydrogen) atoms. The molecule has 1 amide bonds. The van der Waals surface area contributed by atoms with Crippen LogP contribution < -0.4 is 5.32 Å². The minimum absolute atomic E-state index is 0.0474. The van der Waals surface area contributed by atoms with Crippen LogP contribution in [0, 0.1) is 11.8 Å². The molecule has 0 aliphatic carbocycles. The number of nitrogens with one attached hydrogen (secondary N) is 1. The summed E-state index contributed by atoms with van der Waals surface area (Å²) >= 11 is 0. The predicted molar refractivity (Wildman–Crippen MR) is 62.4 cm³/mol. The zero-order chi connectivity index (χ0) is 11.6. The van der Waals surface area contributed by atoms with Gasteiger partial charge in [-0.15, -0.1) is 0 Å². The van der Waals surface area contributed by atoms with Crippen LogP contribution in [0.4, 0.5) is 0 Å². The molecule has 0 aromatic rings. The topological polar surface area (TPSA) is 32.3 Å². The Morgan fingerprint density at radius 3 is 2.40 bits per heavy atom. The summed E-state index contributed by atoms with van der Waals surface area (Å²) in [6.45, 7) is 11.5. The van der Waals surface area contributed by atoms with E-state index in [1.54, 1.807) is 0 Å². The summed E-state index contributed by atoms with van der Waals surface area (Å²) < 4.78 is 0. The van der Waals surface area contributed by atoms with Gasteiger partial charge in [-0.25, -0.2) is 0 Å². The fourth-order valence-corrected chi connectivity index (χ4v) is 1.93. The zero-order valence-corrected chi connectivity index (χ0v) is 10.6. The lowest BCUT2D eigenvalue weighted by atomic mass is 10.0. The Hall–Kier alpha value is -0.570. The molecule has 88 valence electrons. The molecule has 3 nitrogen and oxygen atoms in total.